The molecule has 0 saturated carbocycles. The van der Waals surface area contributed by atoms with Crippen LogP contribution < -0.4 is 0 Å². The first-order valence-corrected chi connectivity index (χ1v) is 6.62. The van der Waals surface area contributed by atoms with E-state index in [0.717, 1.165) is 6.42 Å². The maximum atomic E-state index is 9.24. The summed E-state index contributed by atoms with van der Waals surface area (Å²) in [5, 5.41) is 17.7. The lowest BCUT2D eigenvalue weighted by Gasteiger charge is -2.23. The highest BCUT2D eigenvalue weighted by Gasteiger charge is 2.55. The molecule has 2 aliphatic heterocycles. The molecule has 0 bridgehead atoms. The molecule has 1 unspecified atom stereocenters. The van der Waals surface area contributed by atoms with Gasteiger partial charge in [-0.1, -0.05) is 6.92 Å². The van der Waals surface area contributed by atoms with Gasteiger partial charge in [0, 0.05) is 0 Å². The molecule has 0 aromatic heterocycles. The van der Waals surface area contributed by atoms with Crippen LogP contribution in [0, 0.1) is 22.7 Å². The topological polar surface area (TPSA) is 84.5 Å². The van der Waals surface area contributed by atoms with Crippen molar-refractivity contribution in [3.63, 3.8) is 0 Å². The van der Waals surface area contributed by atoms with E-state index in [1.807, 2.05) is 26.8 Å². The van der Waals surface area contributed by atoms with Crippen LogP contribution in [0.1, 0.15) is 27.2 Å². The van der Waals surface area contributed by atoms with Gasteiger partial charge in [-0.15, -0.1) is 0 Å². The van der Waals surface area contributed by atoms with Gasteiger partial charge in [0.1, 0.15) is 36.7 Å². The molecule has 0 aromatic carbocycles. The summed E-state index contributed by atoms with van der Waals surface area (Å²) in [6.07, 6.45) is 0.904. The highest BCUT2D eigenvalue weighted by molar-refractivity contribution is 5.28. The third-order valence-electron chi connectivity index (χ3n) is 3.35. The molecular formula is C14H18N2O4. The Kier molecular flexibility index (Phi) is 4.29. The summed E-state index contributed by atoms with van der Waals surface area (Å²) in [5.41, 5.74) is 0.312. The average Bonchev–Trinajstić information content (AvgIpc) is 2.88. The minimum Gasteiger partial charge on any atom is -0.485 e. The van der Waals surface area contributed by atoms with Crippen LogP contribution in [0.15, 0.2) is 11.8 Å². The lowest BCUT2D eigenvalue weighted by molar-refractivity contribution is -0.183. The van der Waals surface area contributed by atoms with Gasteiger partial charge in [0.25, 0.3) is 0 Å². The smallest absolute Gasteiger partial charge is 0.173 e. The molecule has 2 aliphatic rings. The van der Waals surface area contributed by atoms with E-state index in [4.69, 9.17) is 24.2 Å². The van der Waals surface area contributed by atoms with Gasteiger partial charge in [-0.05, 0) is 20.3 Å². The van der Waals surface area contributed by atoms with E-state index in [-0.39, 0.29) is 24.9 Å². The summed E-state index contributed by atoms with van der Waals surface area (Å²) in [4.78, 5) is 0. The fraction of sp³-hybridized carbons (Fsp3) is 0.714. The number of nitrogens with zero attached hydrogens (tertiary/aromatic N) is 2. The van der Waals surface area contributed by atoms with Crippen molar-refractivity contribution in [2.75, 3.05) is 6.61 Å². The Bertz CT molecular complexity index is 475. The van der Waals surface area contributed by atoms with E-state index in [1.165, 1.54) is 6.26 Å². The number of fused-ring (bicyclic) bond motifs is 1. The summed E-state index contributed by atoms with van der Waals surface area (Å²) in [7, 11) is 0. The first kappa shape index (κ1) is 14.8. The second-order valence-electron chi connectivity index (χ2n) is 5.22. The van der Waals surface area contributed by atoms with Crippen molar-refractivity contribution in [1.82, 2.24) is 0 Å². The number of ether oxygens (including phenoxy) is 4. The average molecular weight is 278 g/mol. The van der Waals surface area contributed by atoms with Crippen molar-refractivity contribution in [2.24, 2.45) is 0 Å². The highest BCUT2D eigenvalue weighted by atomic mass is 16.8. The van der Waals surface area contributed by atoms with Gasteiger partial charge in [0.15, 0.2) is 12.4 Å². The monoisotopic (exact) mass is 278 g/mol. The van der Waals surface area contributed by atoms with Crippen molar-refractivity contribution in [3.05, 3.63) is 11.8 Å². The van der Waals surface area contributed by atoms with Gasteiger partial charge in [-0.25, -0.2) is 0 Å². The van der Waals surface area contributed by atoms with E-state index >= 15 is 0 Å². The standard InChI is InChI=1S/C14H18N2O4/c1-4-10-12-13(20-14(2,3)19-12)11(18-10)9(7-16)8-17-6-5-15/h8,10-13H,4,6H2,1-3H3/t10-,11?,12-,13+/m1/s1. The molecule has 2 saturated heterocycles. The van der Waals surface area contributed by atoms with Crippen molar-refractivity contribution in [2.45, 2.75) is 57.4 Å². The Balaban J connectivity index is 2.18. The van der Waals surface area contributed by atoms with E-state index in [1.54, 1.807) is 0 Å². The predicted molar refractivity (Wildman–Crippen MR) is 68.0 cm³/mol. The van der Waals surface area contributed by atoms with Crippen molar-refractivity contribution < 1.29 is 18.9 Å². The maximum Gasteiger partial charge on any atom is 0.173 e. The normalized spacial score (nSPS) is 35.1. The molecule has 0 radical (unpaired) electrons. The summed E-state index contributed by atoms with van der Waals surface area (Å²) in [6, 6.07) is 3.90. The molecule has 108 valence electrons. The predicted octanol–water partition coefficient (Wildman–Crippen LogP) is 1.63. The Morgan fingerprint density at radius 3 is 2.60 bits per heavy atom. The minimum atomic E-state index is -0.682. The molecule has 6 nitrogen and oxygen atoms in total. The molecule has 2 fully saturated rings. The molecule has 0 amide bonds. The molecule has 0 aromatic rings. The van der Waals surface area contributed by atoms with Crippen molar-refractivity contribution in [1.29, 1.82) is 10.5 Å². The molecule has 4 atom stereocenters. The van der Waals surface area contributed by atoms with Crippen molar-refractivity contribution >= 4 is 0 Å². The quantitative estimate of drug-likeness (QED) is 0.441. The second kappa shape index (κ2) is 5.80. The molecule has 2 heterocycles. The van der Waals surface area contributed by atoms with E-state index in [9.17, 15) is 5.26 Å². The molecule has 0 aliphatic carbocycles. The van der Waals surface area contributed by atoms with Crippen LogP contribution in [0.4, 0.5) is 0 Å². The zero-order valence-corrected chi connectivity index (χ0v) is 11.8. The number of rotatable bonds is 4. The lowest BCUT2D eigenvalue weighted by atomic mass is 10.0. The zero-order chi connectivity index (χ0) is 14.8. The fourth-order valence-electron chi connectivity index (χ4n) is 2.59. The lowest BCUT2D eigenvalue weighted by Crippen LogP contribution is -2.30. The van der Waals surface area contributed by atoms with Crippen LogP contribution in [0.3, 0.4) is 0 Å². The minimum absolute atomic E-state index is 0.105. The largest absolute Gasteiger partial charge is 0.485 e. The van der Waals surface area contributed by atoms with Gasteiger partial charge in [-0.2, -0.15) is 10.5 Å². The van der Waals surface area contributed by atoms with Crippen LogP contribution >= 0.6 is 0 Å². The molecule has 0 N–H and O–H groups in total. The number of hydrogen-bond acceptors (Lipinski definition) is 6. The number of nitriles is 2. The summed E-state index contributed by atoms with van der Waals surface area (Å²) in [5.74, 6) is -0.682. The molecular weight excluding hydrogens is 260 g/mol. The molecule has 2 rings (SSSR count). The molecule has 6 heteroatoms. The molecule has 20 heavy (non-hydrogen) atoms. The third kappa shape index (κ3) is 2.78. The molecule has 0 spiro atoms. The Morgan fingerprint density at radius 2 is 2.00 bits per heavy atom. The Hall–Kier alpha value is -1.60. The second-order valence-corrected chi connectivity index (χ2v) is 5.22. The van der Waals surface area contributed by atoms with Crippen LogP contribution in [-0.2, 0) is 18.9 Å². The summed E-state index contributed by atoms with van der Waals surface area (Å²) < 4.78 is 22.5. The van der Waals surface area contributed by atoms with Crippen LogP contribution in [0.5, 0.6) is 0 Å². The first-order chi connectivity index (χ1) is 9.52. The van der Waals surface area contributed by atoms with E-state index in [0.29, 0.717) is 5.57 Å². The van der Waals surface area contributed by atoms with Gasteiger partial charge in [0.2, 0.25) is 0 Å². The first-order valence-electron chi connectivity index (χ1n) is 6.62. The van der Waals surface area contributed by atoms with Crippen LogP contribution in [0.25, 0.3) is 0 Å². The van der Waals surface area contributed by atoms with E-state index < -0.39 is 11.9 Å². The SMILES string of the molecule is CC[C@H]1OC(C(C#N)=COCC#N)[C@@H]2OC(C)(C)O[C@H]12. The van der Waals surface area contributed by atoms with E-state index in [2.05, 4.69) is 6.07 Å². The van der Waals surface area contributed by atoms with Gasteiger partial charge in [-0.3, -0.25) is 0 Å². The Morgan fingerprint density at radius 1 is 1.30 bits per heavy atom. The van der Waals surface area contributed by atoms with Crippen LogP contribution in [-0.4, -0.2) is 36.8 Å². The maximum absolute atomic E-state index is 9.24. The zero-order valence-electron chi connectivity index (χ0n) is 11.8. The fourth-order valence-corrected chi connectivity index (χ4v) is 2.59. The summed E-state index contributed by atoms with van der Waals surface area (Å²) in [6.45, 7) is 5.58. The van der Waals surface area contributed by atoms with Crippen molar-refractivity contribution in [3.8, 4) is 12.1 Å². The van der Waals surface area contributed by atoms with Gasteiger partial charge < -0.3 is 18.9 Å². The van der Waals surface area contributed by atoms with Gasteiger partial charge in [0.05, 0.1) is 11.7 Å². The highest BCUT2D eigenvalue weighted by Crippen LogP contribution is 2.41. The Labute approximate surface area is 118 Å². The summed E-state index contributed by atoms with van der Waals surface area (Å²) >= 11 is 0. The van der Waals surface area contributed by atoms with Crippen LogP contribution in [0.2, 0.25) is 0 Å². The third-order valence-corrected chi connectivity index (χ3v) is 3.35. The number of hydrogen-bond donors (Lipinski definition) is 0. The van der Waals surface area contributed by atoms with Gasteiger partial charge >= 0.3 is 0 Å².